The number of thiocarbonyl (C=S) groups is 1. The second kappa shape index (κ2) is 9.92. The molecule has 1 aliphatic carbocycles. The quantitative estimate of drug-likeness (QED) is 0.544. The molecule has 0 amide bonds. The van der Waals surface area contributed by atoms with Crippen molar-refractivity contribution in [2.24, 2.45) is 11.8 Å². The zero-order chi connectivity index (χ0) is 22.7. The summed E-state index contributed by atoms with van der Waals surface area (Å²) in [4.78, 5) is 11.8. The van der Waals surface area contributed by atoms with Gasteiger partial charge in [-0.1, -0.05) is 50.4 Å². The lowest BCUT2D eigenvalue weighted by Crippen LogP contribution is -2.41. The van der Waals surface area contributed by atoms with E-state index >= 15 is 0 Å². The standard InChI is InChI=1S/C25H34ClN5S/c1-17-12-18(2)15-31(14-17)22-13-19(3)28-23(29-22)30-24(32)27-16-25(10-4-5-11-25)20-6-8-21(26)9-7-20/h6-9,13,17-18H,4-5,10-12,14-16H2,1-3H3,(H2,27,28,29,30,32)/t17-,18+. The molecule has 4 rings (SSSR count). The molecule has 32 heavy (non-hydrogen) atoms. The van der Waals surface area contributed by atoms with Gasteiger partial charge >= 0.3 is 0 Å². The maximum absolute atomic E-state index is 6.12. The second-order valence-corrected chi connectivity index (χ2v) is 10.7. The van der Waals surface area contributed by atoms with Crippen LogP contribution >= 0.6 is 23.8 Å². The maximum atomic E-state index is 6.12. The van der Waals surface area contributed by atoms with Gasteiger partial charge in [0.1, 0.15) is 5.82 Å². The molecule has 172 valence electrons. The lowest BCUT2D eigenvalue weighted by molar-refractivity contribution is 0.355. The van der Waals surface area contributed by atoms with Gasteiger partial charge < -0.3 is 15.5 Å². The van der Waals surface area contributed by atoms with Crippen LogP contribution in [0.15, 0.2) is 30.3 Å². The summed E-state index contributed by atoms with van der Waals surface area (Å²) in [5, 5.41) is 8.04. The molecule has 0 radical (unpaired) electrons. The zero-order valence-electron chi connectivity index (χ0n) is 19.3. The highest BCUT2D eigenvalue weighted by Gasteiger charge is 2.35. The van der Waals surface area contributed by atoms with Crippen LogP contribution in [0.25, 0.3) is 0 Å². The first-order chi connectivity index (χ1) is 15.3. The van der Waals surface area contributed by atoms with Crippen molar-refractivity contribution < 1.29 is 0 Å². The van der Waals surface area contributed by atoms with Crippen molar-refractivity contribution in [3.8, 4) is 0 Å². The SMILES string of the molecule is Cc1cc(N2C[C@H](C)C[C@H](C)C2)nc(NC(=S)NCC2(c3ccc(Cl)cc3)CCCC2)n1. The van der Waals surface area contributed by atoms with Gasteiger partial charge in [-0.3, -0.25) is 0 Å². The third kappa shape index (κ3) is 5.52. The number of aromatic nitrogens is 2. The van der Waals surface area contributed by atoms with Crippen LogP contribution in [-0.4, -0.2) is 34.7 Å². The van der Waals surface area contributed by atoms with Crippen LogP contribution in [0, 0.1) is 18.8 Å². The van der Waals surface area contributed by atoms with E-state index in [4.69, 9.17) is 28.8 Å². The topological polar surface area (TPSA) is 53.1 Å². The van der Waals surface area contributed by atoms with E-state index in [0.29, 0.717) is 22.9 Å². The molecule has 1 aromatic heterocycles. The molecule has 0 unspecified atom stereocenters. The fraction of sp³-hybridized carbons (Fsp3) is 0.560. The zero-order valence-corrected chi connectivity index (χ0v) is 20.9. The number of nitrogens with zero attached hydrogens (tertiary/aromatic N) is 3. The van der Waals surface area contributed by atoms with Crippen LogP contribution in [0.4, 0.5) is 11.8 Å². The fourth-order valence-corrected chi connectivity index (χ4v) is 5.73. The lowest BCUT2D eigenvalue weighted by Gasteiger charge is -2.36. The maximum Gasteiger partial charge on any atom is 0.231 e. The normalized spacial score (nSPS) is 22.6. The third-order valence-corrected chi connectivity index (χ3v) is 7.36. The van der Waals surface area contributed by atoms with Crippen LogP contribution in [0.1, 0.15) is 57.2 Å². The van der Waals surface area contributed by atoms with Gasteiger partial charge in [0.2, 0.25) is 5.95 Å². The summed E-state index contributed by atoms with van der Waals surface area (Å²) >= 11 is 11.7. The molecule has 1 saturated heterocycles. The molecular weight excluding hydrogens is 438 g/mol. The number of rotatable bonds is 5. The summed E-state index contributed by atoms with van der Waals surface area (Å²) in [5.74, 6) is 2.89. The van der Waals surface area contributed by atoms with Gasteiger partial charge in [-0.2, -0.15) is 4.98 Å². The van der Waals surface area contributed by atoms with Crippen molar-refractivity contribution in [2.75, 3.05) is 29.9 Å². The predicted molar refractivity (Wildman–Crippen MR) is 138 cm³/mol. The Morgan fingerprint density at radius 3 is 2.44 bits per heavy atom. The summed E-state index contributed by atoms with van der Waals surface area (Å²) in [5.41, 5.74) is 2.37. The minimum Gasteiger partial charge on any atom is -0.361 e. The molecule has 1 aromatic carbocycles. The molecular formula is C25H34ClN5S. The number of anilines is 2. The monoisotopic (exact) mass is 471 g/mol. The smallest absolute Gasteiger partial charge is 0.231 e. The molecule has 5 nitrogen and oxygen atoms in total. The Morgan fingerprint density at radius 1 is 1.12 bits per heavy atom. The number of halogens is 1. The van der Waals surface area contributed by atoms with Gasteiger partial charge in [0.05, 0.1) is 0 Å². The van der Waals surface area contributed by atoms with E-state index in [1.807, 2.05) is 19.1 Å². The molecule has 2 fully saturated rings. The number of hydrogen-bond acceptors (Lipinski definition) is 4. The Balaban J connectivity index is 1.42. The van der Waals surface area contributed by atoms with Gasteiger partial charge in [-0.15, -0.1) is 0 Å². The van der Waals surface area contributed by atoms with Gasteiger partial charge in [-0.05, 0) is 67.9 Å². The molecule has 1 saturated carbocycles. The fourth-order valence-electron chi connectivity index (χ4n) is 5.44. The molecule has 0 bridgehead atoms. The van der Waals surface area contributed by atoms with Crippen LogP contribution in [-0.2, 0) is 5.41 Å². The highest BCUT2D eigenvalue weighted by atomic mass is 35.5. The average molecular weight is 472 g/mol. The molecule has 2 aromatic rings. The Morgan fingerprint density at radius 2 is 1.78 bits per heavy atom. The first-order valence-electron chi connectivity index (χ1n) is 11.7. The number of nitrogens with one attached hydrogen (secondary N) is 2. The molecule has 2 heterocycles. The highest BCUT2D eigenvalue weighted by Crippen LogP contribution is 2.41. The van der Waals surface area contributed by atoms with Crippen molar-refractivity contribution in [3.63, 3.8) is 0 Å². The molecule has 0 spiro atoms. The third-order valence-electron chi connectivity index (χ3n) is 6.86. The van der Waals surface area contributed by atoms with Gasteiger partial charge in [0.15, 0.2) is 5.11 Å². The lowest BCUT2D eigenvalue weighted by atomic mass is 9.79. The van der Waals surface area contributed by atoms with E-state index in [9.17, 15) is 0 Å². The Labute approximate surface area is 202 Å². The number of aryl methyl sites for hydroxylation is 1. The Kier molecular flexibility index (Phi) is 7.21. The van der Waals surface area contributed by atoms with Gasteiger partial charge in [0.25, 0.3) is 0 Å². The van der Waals surface area contributed by atoms with Crippen LogP contribution in [0.5, 0.6) is 0 Å². The summed E-state index contributed by atoms with van der Waals surface area (Å²) in [6, 6.07) is 10.3. The van der Waals surface area contributed by atoms with Crippen LogP contribution in [0.2, 0.25) is 5.02 Å². The van der Waals surface area contributed by atoms with Crippen molar-refractivity contribution in [3.05, 3.63) is 46.6 Å². The van der Waals surface area contributed by atoms with Gasteiger partial charge in [0, 0.05) is 41.8 Å². The molecule has 2 N–H and O–H groups in total. The Hall–Kier alpha value is -1.92. The van der Waals surface area contributed by atoms with E-state index in [-0.39, 0.29) is 5.41 Å². The summed E-state index contributed by atoms with van der Waals surface area (Å²) in [7, 11) is 0. The second-order valence-electron chi connectivity index (χ2n) is 9.84. The number of hydrogen-bond donors (Lipinski definition) is 2. The summed E-state index contributed by atoms with van der Waals surface area (Å²) in [6.45, 7) is 9.50. The van der Waals surface area contributed by atoms with Crippen LogP contribution in [0.3, 0.4) is 0 Å². The van der Waals surface area contributed by atoms with Crippen molar-refractivity contribution in [2.45, 2.75) is 58.3 Å². The average Bonchev–Trinajstić information content (AvgIpc) is 3.22. The Bertz CT molecular complexity index is 932. The highest BCUT2D eigenvalue weighted by molar-refractivity contribution is 7.80. The minimum absolute atomic E-state index is 0.0923. The van der Waals surface area contributed by atoms with Gasteiger partial charge in [-0.25, -0.2) is 4.98 Å². The first-order valence-corrected chi connectivity index (χ1v) is 12.5. The molecule has 2 atom stereocenters. The first kappa shape index (κ1) is 23.2. The van der Waals surface area contributed by atoms with E-state index in [1.165, 1.54) is 24.8 Å². The molecule has 2 aliphatic rings. The predicted octanol–water partition coefficient (Wildman–Crippen LogP) is 5.72. The summed E-state index contributed by atoms with van der Waals surface area (Å²) in [6.07, 6.45) is 6.06. The molecule has 1 aliphatic heterocycles. The van der Waals surface area contributed by atoms with Crippen molar-refractivity contribution >= 4 is 40.7 Å². The van der Waals surface area contributed by atoms with Crippen molar-refractivity contribution in [1.82, 2.24) is 15.3 Å². The van der Waals surface area contributed by atoms with E-state index in [1.54, 1.807) is 0 Å². The molecule has 7 heteroatoms. The van der Waals surface area contributed by atoms with E-state index in [0.717, 1.165) is 49.0 Å². The van der Waals surface area contributed by atoms with E-state index in [2.05, 4.69) is 52.6 Å². The number of benzene rings is 1. The minimum atomic E-state index is 0.0923. The number of piperidine rings is 1. The largest absolute Gasteiger partial charge is 0.361 e. The van der Waals surface area contributed by atoms with Crippen LogP contribution < -0.4 is 15.5 Å². The van der Waals surface area contributed by atoms with Crippen molar-refractivity contribution in [1.29, 1.82) is 0 Å². The summed E-state index contributed by atoms with van der Waals surface area (Å²) < 4.78 is 0. The van der Waals surface area contributed by atoms with E-state index < -0.39 is 0 Å².